The lowest BCUT2D eigenvalue weighted by Gasteiger charge is -2.26. The summed E-state index contributed by atoms with van der Waals surface area (Å²) in [5, 5.41) is 0. The Bertz CT molecular complexity index is 126. The molecule has 0 bridgehead atoms. The highest BCUT2D eigenvalue weighted by Gasteiger charge is 2.07. The van der Waals surface area contributed by atoms with Crippen LogP contribution < -0.4 is 0 Å². The van der Waals surface area contributed by atoms with Gasteiger partial charge in [-0.2, -0.15) is 0 Å². The van der Waals surface area contributed by atoms with E-state index >= 15 is 0 Å². The molecule has 0 heterocycles. The van der Waals surface area contributed by atoms with Crippen LogP contribution in [0.25, 0.3) is 0 Å². The Morgan fingerprint density at radius 3 is 2.00 bits per heavy atom. The monoisotopic (exact) mass is 233 g/mol. The maximum atomic E-state index is 5.67. The van der Waals surface area contributed by atoms with Crippen LogP contribution in [0.3, 0.4) is 0 Å². The summed E-state index contributed by atoms with van der Waals surface area (Å²) >= 11 is 5.67. The lowest BCUT2D eigenvalue weighted by molar-refractivity contribution is 0.213. The van der Waals surface area contributed by atoms with Crippen LogP contribution in [-0.4, -0.2) is 29.9 Å². The lowest BCUT2D eigenvalue weighted by Crippen LogP contribution is -2.32. The second kappa shape index (κ2) is 10.8. The molecule has 15 heavy (non-hydrogen) atoms. The highest BCUT2D eigenvalue weighted by atomic mass is 35.5. The second-order valence-electron chi connectivity index (χ2n) is 4.59. The zero-order valence-electron chi connectivity index (χ0n) is 10.8. The van der Waals surface area contributed by atoms with Gasteiger partial charge in [0.25, 0.3) is 0 Å². The number of unbranched alkanes of at least 4 members (excludes halogenated alkanes) is 4. The zero-order chi connectivity index (χ0) is 11.5. The van der Waals surface area contributed by atoms with Crippen LogP contribution >= 0.6 is 11.6 Å². The van der Waals surface area contributed by atoms with Gasteiger partial charge in [0.05, 0.1) is 0 Å². The van der Waals surface area contributed by atoms with Crippen molar-refractivity contribution in [2.45, 2.75) is 65.3 Å². The van der Waals surface area contributed by atoms with Crippen LogP contribution in [0.15, 0.2) is 0 Å². The summed E-state index contributed by atoms with van der Waals surface area (Å²) in [6.45, 7) is 9.38. The highest BCUT2D eigenvalue weighted by molar-refractivity contribution is 6.17. The van der Waals surface area contributed by atoms with E-state index in [1.165, 1.54) is 51.6 Å². The molecule has 0 aromatic carbocycles. The van der Waals surface area contributed by atoms with Crippen molar-refractivity contribution in [3.8, 4) is 0 Å². The maximum absolute atomic E-state index is 5.67. The first-order valence-electron chi connectivity index (χ1n) is 6.52. The van der Waals surface area contributed by atoms with E-state index in [-0.39, 0.29) is 0 Å². The molecule has 0 saturated heterocycles. The quantitative estimate of drug-likeness (QED) is 0.402. The van der Waals surface area contributed by atoms with Gasteiger partial charge >= 0.3 is 0 Å². The molecule has 2 heteroatoms. The molecule has 1 nitrogen and oxygen atoms in total. The van der Waals surface area contributed by atoms with Crippen LogP contribution in [0.4, 0.5) is 0 Å². The molecule has 0 spiro atoms. The number of nitrogens with zero attached hydrogens (tertiary/aromatic N) is 1. The summed E-state index contributed by atoms with van der Waals surface area (Å²) in [5.74, 6) is 0.817. The zero-order valence-corrected chi connectivity index (χ0v) is 11.5. The van der Waals surface area contributed by atoms with Gasteiger partial charge in [-0.1, -0.05) is 26.2 Å². The number of halogens is 1. The normalized spacial score (nSPS) is 11.6. The van der Waals surface area contributed by atoms with E-state index in [9.17, 15) is 0 Å². The van der Waals surface area contributed by atoms with Gasteiger partial charge in [-0.05, 0) is 46.2 Å². The SMILES string of the molecule is CCCCCN(CCCCCCl)C(C)C. The van der Waals surface area contributed by atoms with Crippen molar-refractivity contribution in [1.82, 2.24) is 4.90 Å². The van der Waals surface area contributed by atoms with Gasteiger partial charge in [0, 0.05) is 11.9 Å². The first-order valence-corrected chi connectivity index (χ1v) is 7.05. The highest BCUT2D eigenvalue weighted by Crippen LogP contribution is 2.06. The molecule has 0 aromatic heterocycles. The van der Waals surface area contributed by atoms with Gasteiger partial charge in [-0.3, -0.25) is 0 Å². The number of hydrogen-bond donors (Lipinski definition) is 0. The third-order valence-corrected chi connectivity index (χ3v) is 3.13. The molecule has 0 rings (SSSR count). The molecule has 0 saturated carbocycles. The molecular formula is C13H28ClN. The van der Waals surface area contributed by atoms with Crippen molar-refractivity contribution in [2.75, 3.05) is 19.0 Å². The molecule has 0 fully saturated rings. The van der Waals surface area contributed by atoms with E-state index in [4.69, 9.17) is 11.6 Å². The molecule has 0 aliphatic rings. The van der Waals surface area contributed by atoms with Crippen molar-refractivity contribution < 1.29 is 0 Å². The fourth-order valence-electron chi connectivity index (χ4n) is 1.78. The number of rotatable bonds is 10. The van der Waals surface area contributed by atoms with Crippen molar-refractivity contribution in [3.63, 3.8) is 0 Å². The molecule has 0 atom stereocenters. The summed E-state index contributed by atoms with van der Waals surface area (Å²) in [6, 6.07) is 0.692. The van der Waals surface area contributed by atoms with Crippen molar-refractivity contribution in [2.24, 2.45) is 0 Å². The molecule has 0 aromatic rings. The predicted molar refractivity (Wildman–Crippen MR) is 70.8 cm³/mol. The largest absolute Gasteiger partial charge is 0.301 e. The third-order valence-electron chi connectivity index (χ3n) is 2.86. The van der Waals surface area contributed by atoms with Crippen LogP contribution in [0.1, 0.15) is 59.3 Å². The smallest absolute Gasteiger partial charge is 0.0223 e. The van der Waals surface area contributed by atoms with Gasteiger partial charge in [-0.25, -0.2) is 0 Å². The average Bonchev–Trinajstić information content (AvgIpc) is 2.21. The molecule has 0 N–H and O–H groups in total. The predicted octanol–water partition coefficient (Wildman–Crippen LogP) is 4.30. The minimum Gasteiger partial charge on any atom is -0.301 e. The summed E-state index contributed by atoms with van der Waals surface area (Å²) in [6.07, 6.45) is 7.78. The molecule has 0 aliphatic carbocycles. The second-order valence-corrected chi connectivity index (χ2v) is 4.96. The molecule has 0 radical (unpaired) electrons. The van der Waals surface area contributed by atoms with Gasteiger partial charge in [-0.15, -0.1) is 11.6 Å². The summed E-state index contributed by atoms with van der Waals surface area (Å²) < 4.78 is 0. The summed E-state index contributed by atoms with van der Waals surface area (Å²) in [5.41, 5.74) is 0. The third kappa shape index (κ3) is 9.19. The Morgan fingerprint density at radius 1 is 0.933 bits per heavy atom. The minimum absolute atomic E-state index is 0.692. The first-order chi connectivity index (χ1) is 7.22. The number of alkyl halides is 1. The van der Waals surface area contributed by atoms with E-state index in [0.717, 1.165) is 5.88 Å². The summed E-state index contributed by atoms with van der Waals surface area (Å²) in [4.78, 5) is 2.60. The first kappa shape index (κ1) is 15.2. The Morgan fingerprint density at radius 2 is 1.53 bits per heavy atom. The molecule has 0 aliphatic heterocycles. The lowest BCUT2D eigenvalue weighted by atomic mass is 10.2. The van der Waals surface area contributed by atoms with Gasteiger partial charge in [0.2, 0.25) is 0 Å². The molecule has 0 unspecified atom stereocenters. The minimum atomic E-state index is 0.692. The standard InChI is InChI=1S/C13H28ClN/c1-4-5-8-11-15(13(2)3)12-9-6-7-10-14/h13H,4-12H2,1-3H3. The summed E-state index contributed by atoms with van der Waals surface area (Å²) in [7, 11) is 0. The van der Waals surface area contributed by atoms with Crippen LogP contribution in [0.2, 0.25) is 0 Å². The van der Waals surface area contributed by atoms with E-state index < -0.39 is 0 Å². The average molecular weight is 234 g/mol. The fourth-order valence-corrected chi connectivity index (χ4v) is 1.97. The van der Waals surface area contributed by atoms with Gasteiger partial charge in [0.15, 0.2) is 0 Å². The molecule has 92 valence electrons. The van der Waals surface area contributed by atoms with Crippen LogP contribution in [0.5, 0.6) is 0 Å². The Balaban J connectivity index is 3.54. The van der Waals surface area contributed by atoms with Gasteiger partial charge in [0.1, 0.15) is 0 Å². The van der Waals surface area contributed by atoms with E-state index in [1.807, 2.05) is 0 Å². The van der Waals surface area contributed by atoms with Crippen molar-refractivity contribution >= 4 is 11.6 Å². The Hall–Kier alpha value is 0.250. The molecule has 0 amide bonds. The fraction of sp³-hybridized carbons (Fsp3) is 1.00. The van der Waals surface area contributed by atoms with Gasteiger partial charge < -0.3 is 4.90 Å². The van der Waals surface area contributed by atoms with E-state index in [2.05, 4.69) is 25.7 Å². The van der Waals surface area contributed by atoms with Crippen molar-refractivity contribution in [3.05, 3.63) is 0 Å². The maximum Gasteiger partial charge on any atom is 0.0223 e. The van der Waals surface area contributed by atoms with Crippen LogP contribution in [-0.2, 0) is 0 Å². The molecular weight excluding hydrogens is 206 g/mol. The number of hydrogen-bond acceptors (Lipinski definition) is 1. The Kier molecular flexibility index (Phi) is 10.9. The Labute approximate surface area is 101 Å². The van der Waals surface area contributed by atoms with E-state index in [1.54, 1.807) is 0 Å². The van der Waals surface area contributed by atoms with Crippen LogP contribution in [0, 0.1) is 0 Å². The van der Waals surface area contributed by atoms with E-state index in [0.29, 0.717) is 6.04 Å². The van der Waals surface area contributed by atoms with Crippen molar-refractivity contribution in [1.29, 1.82) is 0 Å². The topological polar surface area (TPSA) is 3.24 Å².